The fourth-order valence-corrected chi connectivity index (χ4v) is 2.74. The van der Waals surface area contributed by atoms with Gasteiger partial charge in [-0.15, -0.1) is 0 Å². The van der Waals surface area contributed by atoms with Crippen LogP contribution in [0.5, 0.6) is 0 Å². The SMILES string of the molecule is CC1(C)COC(COS(C)(=O)=O)CN1Cc1ccccc1. The predicted molar refractivity (Wildman–Crippen MR) is 81.5 cm³/mol. The molecule has 1 aliphatic heterocycles. The molecule has 1 saturated heterocycles. The zero-order valence-electron chi connectivity index (χ0n) is 12.8. The lowest BCUT2D eigenvalue weighted by Gasteiger charge is -2.45. The molecule has 1 aromatic rings. The van der Waals surface area contributed by atoms with Gasteiger partial charge in [-0.2, -0.15) is 8.42 Å². The molecule has 1 aromatic carbocycles. The minimum Gasteiger partial charge on any atom is -0.373 e. The number of hydrogen-bond donors (Lipinski definition) is 0. The Balaban J connectivity index is 2.00. The van der Waals surface area contributed by atoms with Gasteiger partial charge in [0.25, 0.3) is 10.1 Å². The van der Waals surface area contributed by atoms with Gasteiger partial charge in [-0.05, 0) is 19.4 Å². The van der Waals surface area contributed by atoms with E-state index in [1.54, 1.807) is 0 Å². The Kier molecular flexibility index (Phi) is 5.03. The topological polar surface area (TPSA) is 55.8 Å². The third-order valence-electron chi connectivity index (χ3n) is 3.64. The molecule has 0 spiro atoms. The molecule has 1 fully saturated rings. The van der Waals surface area contributed by atoms with Crippen LogP contribution < -0.4 is 0 Å². The molecule has 0 aliphatic carbocycles. The summed E-state index contributed by atoms with van der Waals surface area (Å²) in [5.74, 6) is 0. The highest BCUT2D eigenvalue weighted by Crippen LogP contribution is 2.24. The van der Waals surface area contributed by atoms with Crippen LogP contribution in [-0.2, 0) is 25.6 Å². The standard InChI is InChI=1S/C15H23NO4S/c1-15(2)12-19-14(11-20-21(3,17)18)10-16(15)9-13-7-5-4-6-8-13/h4-8,14H,9-12H2,1-3H3. The highest BCUT2D eigenvalue weighted by atomic mass is 32.2. The van der Waals surface area contributed by atoms with E-state index in [-0.39, 0.29) is 18.2 Å². The van der Waals surface area contributed by atoms with Crippen LogP contribution in [0.25, 0.3) is 0 Å². The predicted octanol–water partition coefficient (Wildman–Crippen LogP) is 1.64. The van der Waals surface area contributed by atoms with Crippen molar-refractivity contribution in [2.24, 2.45) is 0 Å². The van der Waals surface area contributed by atoms with E-state index >= 15 is 0 Å². The summed E-state index contributed by atoms with van der Waals surface area (Å²) in [7, 11) is -3.43. The number of nitrogens with zero attached hydrogens (tertiary/aromatic N) is 1. The average molecular weight is 313 g/mol. The Morgan fingerprint density at radius 2 is 2.00 bits per heavy atom. The molecular formula is C15H23NO4S. The van der Waals surface area contributed by atoms with Crippen molar-refractivity contribution >= 4 is 10.1 Å². The van der Waals surface area contributed by atoms with Crippen LogP contribution in [0, 0.1) is 0 Å². The summed E-state index contributed by atoms with van der Waals surface area (Å²) in [5.41, 5.74) is 1.15. The smallest absolute Gasteiger partial charge is 0.264 e. The van der Waals surface area contributed by atoms with Crippen molar-refractivity contribution in [1.29, 1.82) is 0 Å². The van der Waals surface area contributed by atoms with Gasteiger partial charge in [0.1, 0.15) is 0 Å². The maximum Gasteiger partial charge on any atom is 0.264 e. The maximum absolute atomic E-state index is 11.1. The zero-order chi connectivity index (χ0) is 15.5. The van der Waals surface area contributed by atoms with Crippen LogP contribution in [0.3, 0.4) is 0 Å². The van der Waals surface area contributed by atoms with E-state index in [1.165, 1.54) is 5.56 Å². The third kappa shape index (κ3) is 5.07. The fourth-order valence-electron chi connectivity index (χ4n) is 2.34. The molecule has 0 aromatic heterocycles. The maximum atomic E-state index is 11.1. The van der Waals surface area contributed by atoms with Crippen molar-refractivity contribution in [2.75, 3.05) is 26.0 Å². The van der Waals surface area contributed by atoms with Gasteiger partial charge in [0, 0.05) is 18.6 Å². The second-order valence-electron chi connectivity index (χ2n) is 6.10. The fraction of sp³-hybridized carbons (Fsp3) is 0.600. The summed E-state index contributed by atoms with van der Waals surface area (Å²) in [5, 5.41) is 0. The first-order valence-electron chi connectivity index (χ1n) is 7.01. The van der Waals surface area contributed by atoms with Gasteiger partial charge in [-0.1, -0.05) is 30.3 Å². The van der Waals surface area contributed by atoms with E-state index in [0.717, 1.165) is 12.8 Å². The second-order valence-corrected chi connectivity index (χ2v) is 7.74. The normalized spacial score (nSPS) is 23.1. The molecule has 1 atom stereocenters. The lowest BCUT2D eigenvalue weighted by atomic mass is 9.99. The molecule has 21 heavy (non-hydrogen) atoms. The quantitative estimate of drug-likeness (QED) is 0.774. The summed E-state index contributed by atoms with van der Waals surface area (Å²) in [6, 6.07) is 10.2. The summed E-state index contributed by atoms with van der Waals surface area (Å²) >= 11 is 0. The molecule has 2 rings (SSSR count). The number of benzene rings is 1. The van der Waals surface area contributed by atoms with Gasteiger partial charge >= 0.3 is 0 Å². The second kappa shape index (κ2) is 6.44. The van der Waals surface area contributed by atoms with Crippen molar-refractivity contribution in [2.45, 2.75) is 32.0 Å². The molecule has 6 heteroatoms. The van der Waals surface area contributed by atoms with Crippen molar-refractivity contribution in [3.63, 3.8) is 0 Å². The minimum atomic E-state index is -3.43. The Hall–Kier alpha value is -0.950. The molecule has 1 heterocycles. The number of rotatable bonds is 5. The molecule has 0 saturated carbocycles. The van der Waals surface area contributed by atoms with E-state index in [2.05, 4.69) is 30.9 Å². The largest absolute Gasteiger partial charge is 0.373 e. The lowest BCUT2D eigenvalue weighted by Crippen LogP contribution is -2.56. The van der Waals surface area contributed by atoms with E-state index in [0.29, 0.717) is 13.2 Å². The first-order valence-corrected chi connectivity index (χ1v) is 8.83. The summed E-state index contributed by atoms with van der Waals surface area (Å²) in [4.78, 5) is 2.31. The molecule has 1 aliphatic rings. The highest BCUT2D eigenvalue weighted by molar-refractivity contribution is 7.85. The number of ether oxygens (including phenoxy) is 1. The first kappa shape index (κ1) is 16.4. The van der Waals surface area contributed by atoms with Gasteiger partial charge in [0.05, 0.1) is 25.6 Å². The van der Waals surface area contributed by atoms with Gasteiger partial charge in [-0.25, -0.2) is 0 Å². The lowest BCUT2D eigenvalue weighted by molar-refractivity contribution is -0.112. The molecule has 0 bridgehead atoms. The molecule has 1 unspecified atom stereocenters. The Bertz CT molecular complexity index is 556. The molecular weight excluding hydrogens is 290 g/mol. The number of morpholine rings is 1. The Morgan fingerprint density at radius 1 is 1.33 bits per heavy atom. The van der Waals surface area contributed by atoms with E-state index in [1.807, 2.05) is 18.2 Å². The average Bonchev–Trinajstić information content (AvgIpc) is 2.40. The summed E-state index contributed by atoms with van der Waals surface area (Å²) in [6.45, 7) is 6.34. The van der Waals surface area contributed by atoms with Crippen LogP contribution in [0.4, 0.5) is 0 Å². The van der Waals surface area contributed by atoms with Crippen molar-refractivity contribution in [1.82, 2.24) is 4.90 Å². The highest BCUT2D eigenvalue weighted by Gasteiger charge is 2.35. The first-order chi connectivity index (χ1) is 9.76. The molecule has 5 nitrogen and oxygen atoms in total. The Labute approximate surface area is 127 Å². The van der Waals surface area contributed by atoms with E-state index < -0.39 is 10.1 Å². The van der Waals surface area contributed by atoms with Gasteiger partial charge in [-0.3, -0.25) is 9.08 Å². The van der Waals surface area contributed by atoms with Gasteiger partial charge in [0.2, 0.25) is 0 Å². The summed E-state index contributed by atoms with van der Waals surface area (Å²) in [6.07, 6.45) is 0.832. The monoisotopic (exact) mass is 313 g/mol. The van der Waals surface area contributed by atoms with Crippen molar-refractivity contribution in [3.8, 4) is 0 Å². The van der Waals surface area contributed by atoms with E-state index in [9.17, 15) is 8.42 Å². The van der Waals surface area contributed by atoms with Crippen LogP contribution >= 0.6 is 0 Å². The van der Waals surface area contributed by atoms with E-state index in [4.69, 9.17) is 8.92 Å². The minimum absolute atomic E-state index is 0.0696. The van der Waals surface area contributed by atoms with Crippen LogP contribution in [0.1, 0.15) is 19.4 Å². The van der Waals surface area contributed by atoms with Crippen molar-refractivity contribution in [3.05, 3.63) is 35.9 Å². The van der Waals surface area contributed by atoms with Crippen LogP contribution in [0.2, 0.25) is 0 Å². The zero-order valence-corrected chi connectivity index (χ0v) is 13.6. The Morgan fingerprint density at radius 3 is 2.62 bits per heavy atom. The molecule has 0 N–H and O–H groups in total. The summed E-state index contributed by atoms with van der Waals surface area (Å²) < 4.78 is 32.7. The molecule has 118 valence electrons. The van der Waals surface area contributed by atoms with Crippen molar-refractivity contribution < 1.29 is 17.3 Å². The molecule has 0 radical (unpaired) electrons. The van der Waals surface area contributed by atoms with Gasteiger partial charge in [0.15, 0.2) is 0 Å². The van der Waals surface area contributed by atoms with Crippen LogP contribution in [0.15, 0.2) is 30.3 Å². The van der Waals surface area contributed by atoms with Gasteiger partial charge < -0.3 is 4.74 Å². The number of hydrogen-bond acceptors (Lipinski definition) is 5. The third-order valence-corrected chi connectivity index (χ3v) is 4.20. The van der Waals surface area contributed by atoms with Crippen LogP contribution in [-0.4, -0.2) is 51.0 Å². The molecule has 0 amide bonds.